The van der Waals surface area contributed by atoms with E-state index in [0.29, 0.717) is 5.92 Å². The Labute approximate surface area is 85.5 Å². The van der Waals surface area contributed by atoms with Crippen molar-refractivity contribution in [2.24, 2.45) is 11.8 Å². The van der Waals surface area contributed by atoms with Crippen LogP contribution in [0.1, 0.15) is 39.0 Å². The summed E-state index contributed by atoms with van der Waals surface area (Å²) in [7, 11) is 0. The molecular weight excluding hydrogens is 176 g/mol. The Bertz CT molecular complexity index is 226. The molecule has 14 heavy (non-hydrogen) atoms. The van der Waals surface area contributed by atoms with E-state index in [9.17, 15) is 4.79 Å². The van der Waals surface area contributed by atoms with Crippen LogP contribution in [0.3, 0.4) is 0 Å². The summed E-state index contributed by atoms with van der Waals surface area (Å²) in [6.45, 7) is 2.39. The highest BCUT2D eigenvalue weighted by molar-refractivity contribution is 5.80. The Morgan fingerprint density at radius 1 is 1.50 bits per heavy atom. The van der Waals surface area contributed by atoms with Gasteiger partial charge in [-0.25, -0.2) is 0 Å². The maximum atomic E-state index is 11.3. The van der Waals surface area contributed by atoms with Gasteiger partial charge in [0, 0.05) is 6.54 Å². The number of carbonyl (C=O) groups is 1. The molecule has 0 aromatic heterocycles. The monoisotopic (exact) mass is 194 g/mol. The third-order valence-electron chi connectivity index (χ3n) is 2.88. The van der Waals surface area contributed by atoms with Crippen LogP contribution >= 0.6 is 0 Å². The molecule has 1 amide bonds. The molecule has 1 N–H and O–H groups in total. The summed E-state index contributed by atoms with van der Waals surface area (Å²) in [6, 6.07) is 1.94. The van der Waals surface area contributed by atoms with Gasteiger partial charge in [-0.15, -0.1) is 0 Å². The van der Waals surface area contributed by atoms with Crippen molar-refractivity contribution in [3.63, 3.8) is 0 Å². The minimum absolute atomic E-state index is 0.127. The van der Waals surface area contributed by atoms with Crippen molar-refractivity contribution in [1.29, 1.82) is 5.26 Å². The molecule has 3 heteroatoms. The van der Waals surface area contributed by atoms with Crippen LogP contribution in [0.25, 0.3) is 0 Å². The molecule has 1 unspecified atom stereocenters. The number of carbonyl (C=O) groups excluding carboxylic acids is 1. The molecule has 1 saturated carbocycles. The van der Waals surface area contributed by atoms with Crippen LogP contribution in [0.5, 0.6) is 0 Å². The van der Waals surface area contributed by atoms with Gasteiger partial charge in [0.05, 0.1) is 6.07 Å². The maximum Gasteiger partial charge on any atom is 0.237 e. The number of rotatable bonds is 3. The lowest BCUT2D eigenvalue weighted by atomic mass is 9.89. The predicted octanol–water partition coefficient (Wildman–Crippen LogP) is 1.84. The van der Waals surface area contributed by atoms with Crippen LogP contribution in [0.2, 0.25) is 0 Å². The van der Waals surface area contributed by atoms with Gasteiger partial charge in [0.1, 0.15) is 5.92 Å². The average Bonchev–Trinajstić information content (AvgIpc) is 2.26. The average molecular weight is 194 g/mol. The van der Waals surface area contributed by atoms with Crippen molar-refractivity contribution < 1.29 is 4.79 Å². The fourth-order valence-corrected chi connectivity index (χ4v) is 1.85. The molecule has 78 valence electrons. The third kappa shape index (κ3) is 3.37. The maximum absolute atomic E-state index is 11.3. The van der Waals surface area contributed by atoms with Gasteiger partial charge < -0.3 is 5.32 Å². The number of amides is 1. The fraction of sp³-hybridized carbons (Fsp3) is 0.818. The number of hydrogen-bond donors (Lipinski definition) is 1. The molecule has 1 aliphatic carbocycles. The standard InChI is InChI=1S/C11H18N2O/c1-9(7-12)11(14)13-8-10-5-3-2-4-6-10/h9-10H,2-6,8H2,1H3,(H,13,14). The van der Waals surface area contributed by atoms with E-state index in [1.54, 1.807) is 6.92 Å². The molecule has 1 fully saturated rings. The zero-order valence-electron chi connectivity index (χ0n) is 8.75. The van der Waals surface area contributed by atoms with Crippen LogP contribution in [-0.4, -0.2) is 12.5 Å². The molecule has 0 aromatic carbocycles. The summed E-state index contributed by atoms with van der Waals surface area (Å²) >= 11 is 0. The van der Waals surface area contributed by atoms with Crippen molar-refractivity contribution in [2.45, 2.75) is 39.0 Å². The Morgan fingerprint density at radius 3 is 2.71 bits per heavy atom. The summed E-state index contributed by atoms with van der Waals surface area (Å²) in [5.74, 6) is -0.00439. The van der Waals surface area contributed by atoms with E-state index in [0.717, 1.165) is 6.54 Å². The van der Waals surface area contributed by atoms with Crippen molar-refractivity contribution in [1.82, 2.24) is 5.32 Å². The van der Waals surface area contributed by atoms with Gasteiger partial charge >= 0.3 is 0 Å². The molecule has 0 saturated heterocycles. The Morgan fingerprint density at radius 2 is 2.14 bits per heavy atom. The lowest BCUT2D eigenvalue weighted by molar-refractivity contribution is -0.123. The quantitative estimate of drug-likeness (QED) is 0.745. The van der Waals surface area contributed by atoms with Crippen molar-refractivity contribution in [3.8, 4) is 6.07 Å². The second-order valence-corrected chi connectivity index (χ2v) is 4.10. The molecule has 1 rings (SSSR count). The van der Waals surface area contributed by atoms with E-state index < -0.39 is 5.92 Å². The van der Waals surface area contributed by atoms with E-state index in [-0.39, 0.29) is 5.91 Å². The number of nitrogens with one attached hydrogen (secondary N) is 1. The zero-order chi connectivity index (χ0) is 10.4. The lowest BCUT2D eigenvalue weighted by Gasteiger charge is -2.21. The molecule has 0 aromatic rings. The van der Waals surface area contributed by atoms with Crippen LogP contribution in [0.15, 0.2) is 0 Å². The van der Waals surface area contributed by atoms with Crippen molar-refractivity contribution in [3.05, 3.63) is 0 Å². The fourth-order valence-electron chi connectivity index (χ4n) is 1.85. The highest BCUT2D eigenvalue weighted by atomic mass is 16.1. The Balaban J connectivity index is 2.19. The van der Waals surface area contributed by atoms with Gasteiger partial charge in [-0.1, -0.05) is 19.3 Å². The van der Waals surface area contributed by atoms with E-state index in [1.807, 2.05) is 6.07 Å². The van der Waals surface area contributed by atoms with Gasteiger partial charge in [0.25, 0.3) is 0 Å². The highest BCUT2D eigenvalue weighted by Gasteiger charge is 2.16. The van der Waals surface area contributed by atoms with E-state index in [4.69, 9.17) is 5.26 Å². The van der Waals surface area contributed by atoms with Crippen molar-refractivity contribution >= 4 is 5.91 Å². The first kappa shape index (κ1) is 11.0. The van der Waals surface area contributed by atoms with Gasteiger partial charge in [0.15, 0.2) is 0 Å². The third-order valence-corrected chi connectivity index (χ3v) is 2.88. The highest BCUT2D eigenvalue weighted by Crippen LogP contribution is 2.22. The predicted molar refractivity (Wildman–Crippen MR) is 54.4 cm³/mol. The summed E-state index contributed by atoms with van der Waals surface area (Å²) in [6.07, 6.45) is 6.35. The van der Waals surface area contributed by atoms with Gasteiger partial charge in [-0.2, -0.15) is 5.26 Å². The molecular formula is C11H18N2O. The number of nitrogens with zero attached hydrogens (tertiary/aromatic N) is 1. The summed E-state index contributed by atoms with van der Waals surface area (Å²) < 4.78 is 0. The van der Waals surface area contributed by atoms with Gasteiger partial charge in [-0.05, 0) is 25.7 Å². The van der Waals surface area contributed by atoms with E-state index in [1.165, 1.54) is 32.1 Å². The SMILES string of the molecule is CC(C#N)C(=O)NCC1CCCCC1. The Kier molecular flexibility index (Phi) is 4.45. The summed E-state index contributed by atoms with van der Waals surface area (Å²) in [4.78, 5) is 11.3. The first-order valence-electron chi connectivity index (χ1n) is 5.41. The molecule has 0 heterocycles. The summed E-state index contributed by atoms with van der Waals surface area (Å²) in [5, 5.41) is 11.4. The molecule has 3 nitrogen and oxygen atoms in total. The molecule has 1 atom stereocenters. The van der Waals surface area contributed by atoms with E-state index >= 15 is 0 Å². The topological polar surface area (TPSA) is 52.9 Å². The smallest absolute Gasteiger partial charge is 0.237 e. The molecule has 0 radical (unpaired) electrons. The lowest BCUT2D eigenvalue weighted by Crippen LogP contribution is -2.33. The van der Waals surface area contributed by atoms with Crippen LogP contribution in [-0.2, 0) is 4.79 Å². The van der Waals surface area contributed by atoms with Crippen LogP contribution < -0.4 is 5.32 Å². The van der Waals surface area contributed by atoms with Crippen molar-refractivity contribution in [2.75, 3.05) is 6.54 Å². The minimum Gasteiger partial charge on any atom is -0.355 e. The zero-order valence-corrected chi connectivity index (χ0v) is 8.75. The van der Waals surface area contributed by atoms with Gasteiger partial charge in [0.2, 0.25) is 5.91 Å². The van der Waals surface area contributed by atoms with Gasteiger partial charge in [-0.3, -0.25) is 4.79 Å². The molecule has 1 aliphatic rings. The second-order valence-electron chi connectivity index (χ2n) is 4.10. The number of hydrogen-bond acceptors (Lipinski definition) is 2. The number of nitriles is 1. The minimum atomic E-state index is -0.515. The first-order chi connectivity index (χ1) is 6.74. The second kappa shape index (κ2) is 5.64. The summed E-state index contributed by atoms with van der Waals surface area (Å²) in [5.41, 5.74) is 0. The van der Waals surface area contributed by atoms with Crippen LogP contribution in [0, 0.1) is 23.2 Å². The first-order valence-corrected chi connectivity index (χ1v) is 5.41. The molecule has 0 bridgehead atoms. The normalized spacial score (nSPS) is 19.7. The van der Waals surface area contributed by atoms with Crippen LogP contribution in [0.4, 0.5) is 0 Å². The van der Waals surface area contributed by atoms with E-state index in [2.05, 4.69) is 5.32 Å². The largest absolute Gasteiger partial charge is 0.355 e. The molecule has 0 spiro atoms. The molecule has 0 aliphatic heterocycles. The Hall–Kier alpha value is -1.04.